The smallest absolute Gasteiger partial charge is 0.0928 e. The zero-order valence-electron chi connectivity index (χ0n) is 7.33. The third-order valence-corrected chi connectivity index (χ3v) is 2.66. The number of nitrogens with one attached hydrogen (secondary N) is 1. The van der Waals surface area contributed by atoms with Crippen LogP contribution in [0.15, 0.2) is 0 Å². The van der Waals surface area contributed by atoms with Crippen molar-refractivity contribution in [3.63, 3.8) is 0 Å². The molecular weight excluding hydrogens is 152 g/mol. The van der Waals surface area contributed by atoms with Gasteiger partial charge in [0.2, 0.25) is 0 Å². The van der Waals surface area contributed by atoms with E-state index in [0.717, 1.165) is 25.9 Å². The van der Waals surface area contributed by atoms with Gasteiger partial charge >= 0.3 is 0 Å². The lowest BCUT2D eigenvalue weighted by Gasteiger charge is -2.16. The van der Waals surface area contributed by atoms with Gasteiger partial charge in [0.1, 0.15) is 0 Å². The maximum absolute atomic E-state index is 9.44. The van der Waals surface area contributed by atoms with Crippen molar-refractivity contribution in [2.45, 2.75) is 50.4 Å². The highest BCUT2D eigenvalue weighted by atomic mass is 16.6. The molecule has 0 saturated carbocycles. The first-order valence-electron chi connectivity index (χ1n) is 4.90. The molecule has 2 saturated heterocycles. The summed E-state index contributed by atoms with van der Waals surface area (Å²) in [4.78, 5) is 0. The Bertz CT molecular complexity index is 147. The second kappa shape index (κ2) is 3.73. The standard InChI is InChI=1S/C9H16N2O/c10-9-4-2-1-3-7(11-9)5-8-6-12-8/h7-9,11H,1-6H2. The van der Waals surface area contributed by atoms with Gasteiger partial charge in [-0.3, -0.25) is 5.32 Å². The predicted octanol–water partition coefficient (Wildman–Crippen LogP) is 0.702. The number of hydrogen-bond donors (Lipinski definition) is 1. The Kier molecular flexibility index (Phi) is 2.63. The van der Waals surface area contributed by atoms with E-state index in [1.165, 1.54) is 12.8 Å². The molecule has 0 aromatic heterocycles. The van der Waals surface area contributed by atoms with Crippen molar-refractivity contribution in [2.24, 2.45) is 0 Å². The molecule has 2 heterocycles. The van der Waals surface area contributed by atoms with Crippen molar-refractivity contribution in [3.8, 4) is 0 Å². The Labute approximate surface area is 73.7 Å². The molecule has 0 amide bonds. The third kappa shape index (κ3) is 2.44. The van der Waals surface area contributed by atoms with E-state index < -0.39 is 0 Å². The normalized spacial score (nSPS) is 42.2. The highest BCUT2D eigenvalue weighted by Crippen LogP contribution is 2.21. The Balaban J connectivity index is 1.77. The molecule has 0 bridgehead atoms. The highest BCUT2D eigenvalue weighted by molar-refractivity contribution is 4.81. The maximum atomic E-state index is 9.44. The van der Waals surface area contributed by atoms with Gasteiger partial charge in [-0.05, 0) is 19.3 Å². The molecule has 1 N–H and O–H groups in total. The van der Waals surface area contributed by atoms with Crippen molar-refractivity contribution >= 4 is 0 Å². The summed E-state index contributed by atoms with van der Waals surface area (Å²) >= 11 is 0. The molecule has 0 aromatic carbocycles. The van der Waals surface area contributed by atoms with Crippen LogP contribution in [0.1, 0.15) is 32.1 Å². The molecular formula is C9H16N2O. The third-order valence-electron chi connectivity index (χ3n) is 2.66. The van der Waals surface area contributed by atoms with Crippen LogP contribution < -0.4 is 11.1 Å². The Hall–Kier alpha value is -0.120. The molecule has 0 aromatic rings. The van der Waals surface area contributed by atoms with Gasteiger partial charge in [-0.2, -0.15) is 0 Å². The predicted molar refractivity (Wildman–Crippen MR) is 45.7 cm³/mol. The van der Waals surface area contributed by atoms with E-state index in [-0.39, 0.29) is 6.17 Å². The summed E-state index contributed by atoms with van der Waals surface area (Å²) < 4.78 is 5.17. The molecule has 3 nitrogen and oxygen atoms in total. The molecule has 3 heteroatoms. The first-order chi connectivity index (χ1) is 5.84. The summed E-state index contributed by atoms with van der Waals surface area (Å²) in [5.41, 5.74) is 9.44. The van der Waals surface area contributed by atoms with E-state index in [0.29, 0.717) is 12.1 Å². The van der Waals surface area contributed by atoms with E-state index in [9.17, 15) is 5.73 Å². The average molecular weight is 168 g/mol. The molecule has 0 aliphatic carbocycles. The van der Waals surface area contributed by atoms with Crippen molar-refractivity contribution in [2.75, 3.05) is 6.61 Å². The van der Waals surface area contributed by atoms with Gasteiger partial charge in [0.25, 0.3) is 0 Å². The molecule has 12 heavy (non-hydrogen) atoms. The van der Waals surface area contributed by atoms with Gasteiger partial charge in [0.15, 0.2) is 0 Å². The summed E-state index contributed by atoms with van der Waals surface area (Å²) in [7, 11) is 0. The van der Waals surface area contributed by atoms with E-state index in [2.05, 4.69) is 5.32 Å². The summed E-state index contributed by atoms with van der Waals surface area (Å²) in [5.74, 6) is 0. The number of nitrogens with zero attached hydrogens (tertiary/aromatic N) is 1. The van der Waals surface area contributed by atoms with Crippen LogP contribution in [-0.2, 0) is 4.74 Å². The van der Waals surface area contributed by atoms with Crippen LogP contribution in [-0.4, -0.2) is 24.9 Å². The molecule has 68 valence electrons. The van der Waals surface area contributed by atoms with Crippen LogP contribution in [0.3, 0.4) is 0 Å². The first kappa shape index (κ1) is 8.48. The fourth-order valence-electron chi connectivity index (χ4n) is 1.87. The Morgan fingerprint density at radius 3 is 2.83 bits per heavy atom. The minimum Gasteiger partial charge on any atom is -0.373 e. The van der Waals surface area contributed by atoms with Gasteiger partial charge in [-0.25, -0.2) is 0 Å². The van der Waals surface area contributed by atoms with E-state index >= 15 is 0 Å². The highest BCUT2D eigenvalue weighted by Gasteiger charge is 2.28. The number of hydrogen-bond acceptors (Lipinski definition) is 2. The molecule has 2 fully saturated rings. The van der Waals surface area contributed by atoms with Crippen LogP contribution >= 0.6 is 0 Å². The second-order valence-corrected chi connectivity index (χ2v) is 3.85. The topological polar surface area (TPSA) is 46.9 Å². The monoisotopic (exact) mass is 168 g/mol. The molecule has 3 atom stereocenters. The summed E-state index contributed by atoms with van der Waals surface area (Å²) in [6.07, 6.45) is 5.76. The zero-order chi connectivity index (χ0) is 8.39. The minimum absolute atomic E-state index is 0.281. The fourth-order valence-corrected chi connectivity index (χ4v) is 1.87. The number of rotatable bonds is 2. The van der Waals surface area contributed by atoms with Crippen molar-refractivity contribution < 1.29 is 4.74 Å². The summed E-state index contributed by atoms with van der Waals surface area (Å²) in [5, 5.41) is 3.23. The van der Waals surface area contributed by atoms with Gasteiger partial charge in [-0.15, -0.1) is 5.73 Å². The van der Waals surface area contributed by atoms with Crippen LogP contribution in [0.25, 0.3) is 0 Å². The van der Waals surface area contributed by atoms with Crippen LogP contribution in [0.5, 0.6) is 0 Å². The van der Waals surface area contributed by atoms with Crippen molar-refractivity contribution in [1.29, 1.82) is 0 Å². The molecule has 3 unspecified atom stereocenters. The van der Waals surface area contributed by atoms with Crippen LogP contribution in [0.4, 0.5) is 0 Å². The quantitative estimate of drug-likeness (QED) is 0.617. The lowest BCUT2D eigenvalue weighted by Crippen LogP contribution is -2.38. The van der Waals surface area contributed by atoms with E-state index in [4.69, 9.17) is 4.74 Å². The fraction of sp³-hybridized carbons (Fsp3) is 1.00. The first-order valence-corrected chi connectivity index (χ1v) is 4.90. The van der Waals surface area contributed by atoms with E-state index in [1.807, 2.05) is 0 Å². The van der Waals surface area contributed by atoms with Gasteiger partial charge in [0.05, 0.1) is 18.9 Å². The van der Waals surface area contributed by atoms with Gasteiger partial charge in [-0.1, -0.05) is 12.8 Å². The molecule has 2 aliphatic heterocycles. The Morgan fingerprint density at radius 1 is 1.33 bits per heavy atom. The van der Waals surface area contributed by atoms with Gasteiger partial charge in [0, 0.05) is 6.04 Å². The SMILES string of the molecule is [N]C1CCCCC(CC2CO2)N1. The van der Waals surface area contributed by atoms with Crippen LogP contribution in [0.2, 0.25) is 0 Å². The minimum atomic E-state index is -0.281. The average Bonchev–Trinajstić information content (AvgIpc) is 2.80. The summed E-state index contributed by atoms with van der Waals surface area (Å²) in [6.45, 7) is 0.925. The lowest BCUT2D eigenvalue weighted by molar-refractivity contribution is 0.339. The Morgan fingerprint density at radius 2 is 2.08 bits per heavy atom. The lowest BCUT2D eigenvalue weighted by atomic mass is 10.1. The second-order valence-electron chi connectivity index (χ2n) is 3.85. The van der Waals surface area contributed by atoms with Gasteiger partial charge < -0.3 is 4.74 Å². The molecule has 2 aliphatic rings. The largest absolute Gasteiger partial charge is 0.373 e. The van der Waals surface area contributed by atoms with Crippen molar-refractivity contribution in [1.82, 2.24) is 11.1 Å². The molecule has 2 radical (unpaired) electrons. The maximum Gasteiger partial charge on any atom is 0.0928 e. The summed E-state index contributed by atoms with van der Waals surface area (Å²) in [6, 6.07) is 0.481. The van der Waals surface area contributed by atoms with E-state index in [1.54, 1.807) is 0 Å². The molecule has 0 spiro atoms. The van der Waals surface area contributed by atoms with Crippen LogP contribution in [0, 0.1) is 0 Å². The molecule has 2 rings (SSSR count). The van der Waals surface area contributed by atoms with Crippen molar-refractivity contribution in [3.05, 3.63) is 0 Å². The number of ether oxygens (including phenoxy) is 1. The number of epoxide rings is 1. The zero-order valence-corrected chi connectivity index (χ0v) is 7.33.